The number of nitrogen functional groups attached to an aromatic ring is 1. The molecule has 0 saturated heterocycles. The minimum Gasteiger partial charge on any atom is -0.399 e. The van der Waals surface area contributed by atoms with Gasteiger partial charge in [-0.1, -0.05) is 0 Å². The molecule has 1 aliphatic rings. The van der Waals surface area contributed by atoms with Crippen LogP contribution in [-0.2, 0) is 12.8 Å². The lowest BCUT2D eigenvalue weighted by Gasteiger charge is -2.06. The third-order valence-electron chi connectivity index (χ3n) is 3.30. The fourth-order valence-corrected chi connectivity index (χ4v) is 3.76. The van der Waals surface area contributed by atoms with Crippen molar-refractivity contribution in [3.05, 3.63) is 38.8 Å². The first-order chi connectivity index (χ1) is 9.63. The Morgan fingerprint density at radius 2 is 2.15 bits per heavy atom. The van der Waals surface area contributed by atoms with E-state index in [0.29, 0.717) is 16.4 Å². The molecule has 1 aromatic heterocycles. The van der Waals surface area contributed by atoms with Gasteiger partial charge in [-0.3, -0.25) is 10.1 Å². The van der Waals surface area contributed by atoms with Gasteiger partial charge in [0.1, 0.15) is 0 Å². The molecule has 0 spiro atoms. The van der Waals surface area contributed by atoms with Crippen LogP contribution in [0.5, 0.6) is 0 Å². The summed E-state index contributed by atoms with van der Waals surface area (Å²) in [7, 11) is 0. The Bertz CT molecular complexity index is 645. The Labute approximate surface area is 129 Å². The van der Waals surface area contributed by atoms with Crippen LogP contribution in [0.1, 0.15) is 33.8 Å². The maximum Gasteiger partial charge on any atom is 0.258 e. The predicted octanol–water partition coefficient (Wildman–Crippen LogP) is 3.62. The third-order valence-corrected chi connectivity index (χ3v) is 5.07. The maximum absolute atomic E-state index is 12.3. The highest BCUT2D eigenvalue weighted by Crippen LogP contribution is 2.30. The van der Waals surface area contributed by atoms with E-state index in [1.54, 1.807) is 29.5 Å². The van der Waals surface area contributed by atoms with E-state index in [0.717, 1.165) is 23.0 Å². The Hall–Kier alpha value is -1.40. The normalized spacial score (nSPS) is 13.8. The number of hydrogen-bond donors (Lipinski definition) is 2. The average Bonchev–Trinajstić information content (AvgIpc) is 2.83. The summed E-state index contributed by atoms with van der Waals surface area (Å²) in [5.74, 6) is -0.185. The van der Waals surface area contributed by atoms with Gasteiger partial charge in [0.15, 0.2) is 5.13 Å². The quantitative estimate of drug-likeness (QED) is 0.812. The van der Waals surface area contributed by atoms with E-state index < -0.39 is 0 Å². The summed E-state index contributed by atoms with van der Waals surface area (Å²) in [5, 5.41) is 3.54. The monoisotopic (exact) mass is 351 g/mol. The van der Waals surface area contributed by atoms with Crippen LogP contribution in [-0.4, -0.2) is 10.9 Å². The summed E-state index contributed by atoms with van der Waals surface area (Å²) in [5.41, 5.74) is 7.96. The first-order valence-electron chi connectivity index (χ1n) is 6.48. The number of carbonyl (C=O) groups is 1. The number of nitrogens with zero attached hydrogens (tertiary/aromatic N) is 1. The highest BCUT2D eigenvalue weighted by atomic mass is 79.9. The van der Waals surface area contributed by atoms with Crippen molar-refractivity contribution in [2.24, 2.45) is 0 Å². The number of amides is 1. The van der Waals surface area contributed by atoms with Crippen LogP contribution < -0.4 is 11.1 Å². The van der Waals surface area contributed by atoms with E-state index in [1.807, 2.05) is 0 Å². The van der Waals surface area contributed by atoms with Gasteiger partial charge in [0.05, 0.1) is 11.3 Å². The molecular weight excluding hydrogens is 338 g/mol. The molecule has 0 bridgehead atoms. The van der Waals surface area contributed by atoms with Gasteiger partial charge in [0.2, 0.25) is 0 Å². The molecule has 1 aliphatic carbocycles. The maximum atomic E-state index is 12.3. The average molecular weight is 352 g/mol. The molecule has 0 unspecified atom stereocenters. The molecule has 0 atom stereocenters. The van der Waals surface area contributed by atoms with E-state index in [4.69, 9.17) is 5.73 Å². The Morgan fingerprint density at radius 3 is 2.95 bits per heavy atom. The molecule has 4 nitrogen and oxygen atoms in total. The second-order valence-electron chi connectivity index (χ2n) is 4.79. The molecule has 104 valence electrons. The smallest absolute Gasteiger partial charge is 0.258 e. The van der Waals surface area contributed by atoms with Crippen molar-refractivity contribution in [2.45, 2.75) is 25.7 Å². The van der Waals surface area contributed by atoms with Gasteiger partial charge in [-0.25, -0.2) is 4.98 Å². The number of hydrogen-bond acceptors (Lipinski definition) is 4. The summed E-state index contributed by atoms with van der Waals surface area (Å²) >= 11 is 4.95. The minimum absolute atomic E-state index is 0.185. The zero-order valence-electron chi connectivity index (χ0n) is 10.8. The number of aryl methyl sites for hydroxylation is 2. The minimum atomic E-state index is -0.185. The highest BCUT2D eigenvalue weighted by Gasteiger charge is 2.17. The highest BCUT2D eigenvalue weighted by molar-refractivity contribution is 9.10. The van der Waals surface area contributed by atoms with E-state index in [1.165, 1.54) is 17.7 Å². The second-order valence-corrected chi connectivity index (χ2v) is 6.73. The van der Waals surface area contributed by atoms with Crippen molar-refractivity contribution in [2.75, 3.05) is 11.1 Å². The molecular formula is C14H14BrN3OS. The molecule has 1 heterocycles. The van der Waals surface area contributed by atoms with Crippen LogP contribution in [0.15, 0.2) is 22.7 Å². The fraction of sp³-hybridized carbons (Fsp3) is 0.286. The molecule has 0 saturated carbocycles. The van der Waals surface area contributed by atoms with Crippen molar-refractivity contribution in [1.82, 2.24) is 4.98 Å². The Balaban J connectivity index is 1.82. The molecule has 3 rings (SSSR count). The first-order valence-corrected chi connectivity index (χ1v) is 8.09. The standard InChI is InChI=1S/C14H14BrN3OS/c15-10-6-5-8(16)7-9(10)13(19)18-14-17-11-3-1-2-4-12(11)20-14/h5-7H,1-4,16H2,(H,17,18,19). The van der Waals surface area contributed by atoms with Gasteiger partial charge in [0.25, 0.3) is 5.91 Å². The number of halogens is 1. The lowest BCUT2D eigenvalue weighted by atomic mass is 10.0. The molecule has 0 radical (unpaired) electrons. The van der Waals surface area contributed by atoms with E-state index in [-0.39, 0.29) is 5.91 Å². The summed E-state index contributed by atoms with van der Waals surface area (Å²) in [6, 6.07) is 5.19. The van der Waals surface area contributed by atoms with Gasteiger partial charge in [-0.15, -0.1) is 11.3 Å². The number of carbonyl (C=O) groups excluding carboxylic acids is 1. The van der Waals surface area contributed by atoms with Gasteiger partial charge in [0, 0.05) is 15.0 Å². The number of rotatable bonds is 2. The van der Waals surface area contributed by atoms with Crippen LogP contribution in [0.4, 0.5) is 10.8 Å². The predicted molar refractivity (Wildman–Crippen MR) is 85.3 cm³/mol. The van der Waals surface area contributed by atoms with Crippen LogP contribution in [0.2, 0.25) is 0 Å². The van der Waals surface area contributed by atoms with E-state index in [9.17, 15) is 4.79 Å². The number of nitrogens with two attached hydrogens (primary N) is 1. The SMILES string of the molecule is Nc1ccc(Br)c(C(=O)Nc2nc3c(s2)CCCC3)c1. The molecule has 20 heavy (non-hydrogen) atoms. The zero-order valence-corrected chi connectivity index (χ0v) is 13.2. The number of anilines is 2. The van der Waals surface area contributed by atoms with Gasteiger partial charge in [-0.2, -0.15) is 0 Å². The van der Waals surface area contributed by atoms with Crippen molar-refractivity contribution < 1.29 is 4.79 Å². The van der Waals surface area contributed by atoms with Gasteiger partial charge in [-0.05, 0) is 59.8 Å². The molecule has 0 aliphatic heterocycles. The number of aromatic nitrogens is 1. The number of fused-ring (bicyclic) bond motifs is 1. The molecule has 1 aromatic carbocycles. The lowest BCUT2D eigenvalue weighted by molar-refractivity contribution is 0.102. The van der Waals surface area contributed by atoms with E-state index >= 15 is 0 Å². The van der Waals surface area contributed by atoms with Crippen LogP contribution >= 0.6 is 27.3 Å². The molecule has 1 amide bonds. The fourth-order valence-electron chi connectivity index (χ4n) is 2.29. The lowest BCUT2D eigenvalue weighted by Crippen LogP contribution is -2.13. The Kier molecular flexibility index (Phi) is 3.76. The van der Waals surface area contributed by atoms with Crippen LogP contribution in [0.3, 0.4) is 0 Å². The second kappa shape index (κ2) is 5.54. The Morgan fingerprint density at radius 1 is 1.35 bits per heavy atom. The molecule has 2 aromatic rings. The molecule has 3 N–H and O–H groups in total. The third kappa shape index (κ3) is 2.71. The first kappa shape index (κ1) is 13.6. The topological polar surface area (TPSA) is 68.0 Å². The van der Waals surface area contributed by atoms with Gasteiger partial charge < -0.3 is 5.73 Å². The van der Waals surface area contributed by atoms with Crippen molar-refractivity contribution in [3.8, 4) is 0 Å². The summed E-state index contributed by atoms with van der Waals surface area (Å²) in [6.45, 7) is 0. The van der Waals surface area contributed by atoms with Crippen LogP contribution in [0.25, 0.3) is 0 Å². The number of benzene rings is 1. The van der Waals surface area contributed by atoms with Crippen molar-refractivity contribution in [3.63, 3.8) is 0 Å². The number of nitrogens with one attached hydrogen (secondary N) is 1. The van der Waals surface area contributed by atoms with Gasteiger partial charge >= 0.3 is 0 Å². The van der Waals surface area contributed by atoms with Crippen LogP contribution in [0, 0.1) is 0 Å². The summed E-state index contributed by atoms with van der Waals surface area (Å²) in [6.07, 6.45) is 4.49. The van der Waals surface area contributed by atoms with E-state index in [2.05, 4.69) is 26.2 Å². The summed E-state index contributed by atoms with van der Waals surface area (Å²) in [4.78, 5) is 18.1. The van der Waals surface area contributed by atoms with Crippen molar-refractivity contribution >= 4 is 44.0 Å². The largest absolute Gasteiger partial charge is 0.399 e. The number of thiazole rings is 1. The molecule has 6 heteroatoms. The summed E-state index contributed by atoms with van der Waals surface area (Å²) < 4.78 is 0.727. The van der Waals surface area contributed by atoms with Crippen molar-refractivity contribution in [1.29, 1.82) is 0 Å². The molecule has 0 fully saturated rings. The zero-order chi connectivity index (χ0) is 14.1.